The molecule has 0 aliphatic heterocycles. The van der Waals surface area contributed by atoms with Crippen molar-refractivity contribution in [3.8, 4) is 23.0 Å². The molecule has 7 nitrogen and oxygen atoms in total. The lowest BCUT2D eigenvalue weighted by atomic mass is 10.2. The summed E-state index contributed by atoms with van der Waals surface area (Å²) in [5.41, 5.74) is 0.974. The molecule has 11 heteroatoms. The lowest BCUT2D eigenvalue weighted by Gasteiger charge is -2.12. The molecular formula is C18H14ClF2N3O4S. The number of ether oxygens (including phenoxy) is 2. The molecule has 0 fully saturated rings. The van der Waals surface area contributed by atoms with Gasteiger partial charge in [-0.3, -0.25) is 4.79 Å². The van der Waals surface area contributed by atoms with Crippen LogP contribution < -0.4 is 14.8 Å². The normalized spacial score (nSPS) is 10.8. The first-order chi connectivity index (χ1) is 13.9. The molecule has 3 rings (SSSR count). The van der Waals surface area contributed by atoms with Crippen LogP contribution in [-0.2, 0) is 4.79 Å². The summed E-state index contributed by atoms with van der Waals surface area (Å²) in [6.45, 7) is -3.02. The number of methoxy groups -OCH3 is 1. The summed E-state index contributed by atoms with van der Waals surface area (Å²) in [5.74, 6) is -0.182. The van der Waals surface area contributed by atoms with Crippen molar-refractivity contribution in [3.05, 3.63) is 47.5 Å². The molecule has 1 aromatic heterocycles. The molecule has 3 aromatic rings. The van der Waals surface area contributed by atoms with Gasteiger partial charge in [0.2, 0.25) is 11.8 Å². The van der Waals surface area contributed by atoms with E-state index in [1.54, 1.807) is 24.3 Å². The highest BCUT2D eigenvalue weighted by atomic mass is 35.5. The van der Waals surface area contributed by atoms with E-state index in [-0.39, 0.29) is 28.2 Å². The number of halogens is 3. The molecular weight excluding hydrogens is 428 g/mol. The topological polar surface area (TPSA) is 86.5 Å². The molecule has 0 radical (unpaired) electrons. The van der Waals surface area contributed by atoms with Crippen LogP contribution in [0.3, 0.4) is 0 Å². The summed E-state index contributed by atoms with van der Waals surface area (Å²) in [5, 5.41) is 11.2. The van der Waals surface area contributed by atoms with E-state index >= 15 is 0 Å². The maximum absolute atomic E-state index is 12.5. The number of benzene rings is 2. The van der Waals surface area contributed by atoms with Crippen LogP contribution in [-0.4, -0.2) is 35.6 Å². The van der Waals surface area contributed by atoms with Gasteiger partial charge in [-0.05, 0) is 36.4 Å². The quantitative estimate of drug-likeness (QED) is 0.505. The van der Waals surface area contributed by atoms with Gasteiger partial charge in [-0.25, -0.2) is 0 Å². The second-order valence-corrected chi connectivity index (χ2v) is 6.82. The van der Waals surface area contributed by atoms with Gasteiger partial charge in [0.15, 0.2) is 11.5 Å². The smallest absolute Gasteiger partial charge is 0.387 e. The summed E-state index contributed by atoms with van der Waals surface area (Å²) in [6, 6.07) is 11.0. The van der Waals surface area contributed by atoms with Gasteiger partial charge in [0.1, 0.15) is 0 Å². The number of amides is 1. The van der Waals surface area contributed by atoms with Crippen molar-refractivity contribution in [2.75, 3.05) is 18.2 Å². The number of rotatable bonds is 8. The molecule has 0 aliphatic carbocycles. The lowest BCUT2D eigenvalue weighted by Crippen LogP contribution is -2.14. The minimum Gasteiger partial charge on any atom is -0.493 e. The Morgan fingerprint density at radius 3 is 2.66 bits per heavy atom. The van der Waals surface area contributed by atoms with Crippen molar-refractivity contribution < 1.29 is 27.5 Å². The molecule has 29 heavy (non-hydrogen) atoms. The third-order valence-electron chi connectivity index (χ3n) is 3.49. The number of nitrogens with one attached hydrogen (secondary N) is 1. The highest BCUT2D eigenvalue weighted by molar-refractivity contribution is 7.99. The van der Waals surface area contributed by atoms with E-state index in [9.17, 15) is 13.6 Å². The maximum Gasteiger partial charge on any atom is 0.387 e. The number of hydrogen-bond acceptors (Lipinski definition) is 7. The third-order valence-corrected chi connectivity index (χ3v) is 4.56. The minimum atomic E-state index is -3.02. The van der Waals surface area contributed by atoms with Crippen molar-refractivity contribution in [2.45, 2.75) is 11.8 Å². The highest BCUT2D eigenvalue weighted by Gasteiger charge is 2.14. The predicted molar refractivity (Wildman–Crippen MR) is 104 cm³/mol. The Morgan fingerprint density at radius 1 is 1.21 bits per heavy atom. The number of alkyl halides is 2. The van der Waals surface area contributed by atoms with E-state index < -0.39 is 12.5 Å². The SMILES string of the molecule is COc1ccc(NC(=O)CSc2nnc(-c3ccc(Cl)cc3)o2)cc1OC(F)F. The number of carbonyl (C=O) groups is 1. The Hall–Kier alpha value is -2.85. The fraction of sp³-hybridized carbons (Fsp3) is 0.167. The van der Waals surface area contributed by atoms with Gasteiger partial charge in [-0.2, -0.15) is 8.78 Å². The van der Waals surface area contributed by atoms with Crippen molar-refractivity contribution in [3.63, 3.8) is 0 Å². The third kappa shape index (κ3) is 5.81. The van der Waals surface area contributed by atoms with Gasteiger partial charge in [0, 0.05) is 22.3 Å². The number of aromatic nitrogens is 2. The molecule has 0 aliphatic rings. The van der Waals surface area contributed by atoms with E-state index in [4.69, 9.17) is 20.8 Å². The van der Waals surface area contributed by atoms with Gasteiger partial charge in [0.25, 0.3) is 5.22 Å². The van der Waals surface area contributed by atoms with Gasteiger partial charge >= 0.3 is 6.61 Å². The maximum atomic E-state index is 12.5. The largest absolute Gasteiger partial charge is 0.493 e. The van der Waals surface area contributed by atoms with Crippen LogP contribution in [0, 0.1) is 0 Å². The first-order valence-corrected chi connectivity index (χ1v) is 9.46. The van der Waals surface area contributed by atoms with Gasteiger partial charge in [-0.15, -0.1) is 10.2 Å². The summed E-state index contributed by atoms with van der Waals surface area (Å²) >= 11 is 6.87. The molecule has 0 spiro atoms. The molecule has 0 unspecified atom stereocenters. The van der Waals surface area contributed by atoms with Gasteiger partial charge in [-0.1, -0.05) is 23.4 Å². The monoisotopic (exact) mass is 441 g/mol. The molecule has 1 N–H and O–H groups in total. The summed E-state index contributed by atoms with van der Waals surface area (Å²) in [7, 11) is 1.32. The van der Waals surface area contributed by atoms with Crippen LogP contribution >= 0.6 is 23.4 Å². The number of nitrogens with zero attached hydrogens (tertiary/aromatic N) is 2. The van der Waals surface area contributed by atoms with Crippen LogP contribution in [0.2, 0.25) is 5.02 Å². The van der Waals surface area contributed by atoms with Crippen molar-refractivity contribution in [1.29, 1.82) is 0 Å². The Bertz CT molecular complexity index is 985. The average Bonchev–Trinajstić information content (AvgIpc) is 3.16. The van der Waals surface area contributed by atoms with Crippen LogP contribution in [0.4, 0.5) is 14.5 Å². The van der Waals surface area contributed by atoms with Crippen molar-refractivity contribution in [1.82, 2.24) is 10.2 Å². The lowest BCUT2D eigenvalue weighted by molar-refractivity contribution is -0.113. The number of carbonyl (C=O) groups excluding carboxylic acids is 1. The summed E-state index contributed by atoms with van der Waals surface area (Å²) in [4.78, 5) is 12.1. The molecule has 1 heterocycles. The zero-order valence-electron chi connectivity index (χ0n) is 14.9. The van der Waals surface area contributed by atoms with E-state index in [2.05, 4.69) is 20.3 Å². The molecule has 152 valence electrons. The second-order valence-electron chi connectivity index (χ2n) is 5.46. The highest BCUT2D eigenvalue weighted by Crippen LogP contribution is 2.31. The van der Waals surface area contributed by atoms with Gasteiger partial charge in [0.05, 0.1) is 12.9 Å². The molecule has 1 amide bonds. The summed E-state index contributed by atoms with van der Waals surface area (Å²) < 4.78 is 39.8. The number of anilines is 1. The van der Waals surface area contributed by atoms with Crippen molar-refractivity contribution >= 4 is 35.0 Å². The molecule has 0 saturated heterocycles. The van der Waals surface area contributed by atoms with E-state index in [0.717, 1.165) is 11.8 Å². The van der Waals surface area contributed by atoms with Crippen molar-refractivity contribution in [2.24, 2.45) is 0 Å². The van der Waals surface area contributed by atoms with E-state index in [1.807, 2.05) is 0 Å². The van der Waals surface area contributed by atoms with Crippen LogP contribution in [0.5, 0.6) is 11.5 Å². The van der Waals surface area contributed by atoms with Crippen LogP contribution in [0.25, 0.3) is 11.5 Å². The number of thioether (sulfide) groups is 1. The van der Waals surface area contributed by atoms with Gasteiger partial charge < -0.3 is 19.2 Å². The zero-order chi connectivity index (χ0) is 20.8. The van der Waals surface area contributed by atoms with E-state index in [0.29, 0.717) is 16.5 Å². The average molecular weight is 442 g/mol. The molecule has 0 atom stereocenters. The molecule has 0 saturated carbocycles. The van der Waals surface area contributed by atoms with Crippen LogP contribution in [0.15, 0.2) is 52.1 Å². The Kier molecular flexibility index (Phi) is 6.89. The zero-order valence-corrected chi connectivity index (χ0v) is 16.5. The fourth-order valence-electron chi connectivity index (χ4n) is 2.24. The van der Waals surface area contributed by atoms with E-state index in [1.165, 1.54) is 25.3 Å². The van der Waals surface area contributed by atoms with Crippen LogP contribution in [0.1, 0.15) is 0 Å². The number of hydrogen-bond donors (Lipinski definition) is 1. The minimum absolute atomic E-state index is 0.0285. The fourth-order valence-corrected chi connectivity index (χ4v) is 2.93. The Balaban J connectivity index is 1.58. The molecule has 2 aromatic carbocycles. The second kappa shape index (κ2) is 9.57. The Labute approximate surface area is 173 Å². The molecule has 0 bridgehead atoms. The standard InChI is InChI=1S/C18H14ClF2N3O4S/c1-26-13-7-6-12(8-14(13)27-17(20)21)22-15(25)9-29-18-24-23-16(28-18)10-2-4-11(19)5-3-10/h2-8,17H,9H2,1H3,(H,22,25). The summed E-state index contributed by atoms with van der Waals surface area (Å²) in [6.07, 6.45) is 0. The predicted octanol–water partition coefficient (Wildman–Crippen LogP) is 4.73. The Morgan fingerprint density at radius 2 is 1.97 bits per heavy atom. The first-order valence-electron chi connectivity index (χ1n) is 8.09. The first kappa shape index (κ1) is 20.9.